The van der Waals surface area contributed by atoms with Gasteiger partial charge in [-0.2, -0.15) is 5.10 Å². The summed E-state index contributed by atoms with van der Waals surface area (Å²) in [6, 6.07) is 6.67. The van der Waals surface area contributed by atoms with Crippen LogP contribution in [0, 0.1) is 5.82 Å². The van der Waals surface area contributed by atoms with Crippen molar-refractivity contribution in [3.05, 3.63) is 47.8 Å². The van der Waals surface area contributed by atoms with Gasteiger partial charge in [-0.05, 0) is 24.5 Å². The first-order valence-corrected chi connectivity index (χ1v) is 6.80. The Bertz CT molecular complexity index is 540. The van der Waals surface area contributed by atoms with E-state index in [1.165, 1.54) is 6.07 Å². The van der Waals surface area contributed by atoms with E-state index in [4.69, 9.17) is 5.84 Å². The van der Waals surface area contributed by atoms with Gasteiger partial charge in [-0.15, -0.1) is 0 Å². The highest BCUT2D eigenvalue weighted by Crippen LogP contribution is 2.11. The molecule has 1 aromatic heterocycles. The van der Waals surface area contributed by atoms with Gasteiger partial charge < -0.3 is 0 Å². The van der Waals surface area contributed by atoms with Crippen molar-refractivity contribution in [2.75, 3.05) is 0 Å². The number of hydrogen-bond acceptors (Lipinski definition) is 4. The van der Waals surface area contributed by atoms with Crippen LogP contribution in [-0.4, -0.2) is 20.8 Å². The summed E-state index contributed by atoms with van der Waals surface area (Å²) in [6.45, 7) is 2.91. The molecular formula is C14H20FN5. The standard InChI is InChI=1S/C14H20FN5/c1-2-7-20-14(17-10-18-20)9-12(19-16)8-11-5-3-4-6-13(11)15/h3-6,10,12,19H,2,7-9,16H2,1H3. The lowest BCUT2D eigenvalue weighted by molar-refractivity contribution is 0.474. The van der Waals surface area contributed by atoms with E-state index >= 15 is 0 Å². The molecule has 2 aromatic rings. The molecule has 0 fully saturated rings. The van der Waals surface area contributed by atoms with E-state index in [1.54, 1.807) is 18.5 Å². The lowest BCUT2D eigenvalue weighted by Crippen LogP contribution is -2.39. The van der Waals surface area contributed by atoms with Crippen LogP contribution in [0.3, 0.4) is 0 Å². The van der Waals surface area contributed by atoms with Gasteiger partial charge in [0.15, 0.2) is 0 Å². The topological polar surface area (TPSA) is 68.8 Å². The van der Waals surface area contributed by atoms with Crippen molar-refractivity contribution < 1.29 is 4.39 Å². The second-order valence-corrected chi connectivity index (χ2v) is 4.76. The van der Waals surface area contributed by atoms with Gasteiger partial charge in [0.1, 0.15) is 18.0 Å². The van der Waals surface area contributed by atoms with Gasteiger partial charge in [-0.3, -0.25) is 16.0 Å². The molecule has 108 valence electrons. The summed E-state index contributed by atoms with van der Waals surface area (Å²) in [5, 5.41) is 4.18. The molecule has 0 spiro atoms. The second kappa shape index (κ2) is 7.12. The number of nitrogens with one attached hydrogen (secondary N) is 1. The summed E-state index contributed by atoms with van der Waals surface area (Å²) in [5.41, 5.74) is 3.39. The molecule has 0 bridgehead atoms. The molecule has 0 aliphatic heterocycles. The Kier molecular flexibility index (Phi) is 5.20. The fraction of sp³-hybridized carbons (Fsp3) is 0.429. The molecule has 20 heavy (non-hydrogen) atoms. The minimum atomic E-state index is -0.206. The van der Waals surface area contributed by atoms with Crippen molar-refractivity contribution in [3.8, 4) is 0 Å². The molecule has 1 unspecified atom stereocenters. The molecule has 0 aliphatic carbocycles. The van der Waals surface area contributed by atoms with Crippen molar-refractivity contribution >= 4 is 0 Å². The third kappa shape index (κ3) is 3.61. The van der Waals surface area contributed by atoms with Crippen LogP contribution in [0.2, 0.25) is 0 Å². The van der Waals surface area contributed by atoms with Gasteiger partial charge in [0.05, 0.1) is 0 Å². The van der Waals surface area contributed by atoms with Crippen LogP contribution in [-0.2, 0) is 19.4 Å². The van der Waals surface area contributed by atoms with E-state index in [0.717, 1.165) is 18.8 Å². The molecular weight excluding hydrogens is 257 g/mol. The largest absolute Gasteiger partial charge is 0.271 e. The number of aryl methyl sites for hydroxylation is 1. The number of hydrazine groups is 1. The average Bonchev–Trinajstić information content (AvgIpc) is 2.88. The number of nitrogens with two attached hydrogens (primary N) is 1. The Morgan fingerprint density at radius 1 is 1.35 bits per heavy atom. The number of hydrogen-bond donors (Lipinski definition) is 2. The highest BCUT2D eigenvalue weighted by molar-refractivity contribution is 5.18. The molecule has 1 atom stereocenters. The first kappa shape index (κ1) is 14.6. The number of benzene rings is 1. The molecule has 0 radical (unpaired) electrons. The lowest BCUT2D eigenvalue weighted by atomic mass is 10.0. The zero-order valence-corrected chi connectivity index (χ0v) is 11.6. The van der Waals surface area contributed by atoms with Gasteiger partial charge in [0.2, 0.25) is 0 Å². The van der Waals surface area contributed by atoms with Crippen molar-refractivity contribution in [3.63, 3.8) is 0 Å². The predicted molar refractivity (Wildman–Crippen MR) is 75.2 cm³/mol. The van der Waals surface area contributed by atoms with E-state index in [2.05, 4.69) is 22.4 Å². The fourth-order valence-electron chi connectivity index (χ4n) is 2.18. The van der Waals surface area contributed by atoms with Gasteiger partial charge in [0, 0.05) is 19.0 Å². The molecule has 1 heterocycles. The first-order valence-electron chi connectivity index (χ1n) is 6.80. The maximum Gasteiger partial charge on any atom is 0.138 e. The summed E-state index contributed by atoms with van der Waals surface area (Å²) in [7, 11) is 0. The zero-order valence-electron chi connectivity index (χ0n) is 11.6. The Morgan fingerprint density at radius 3 is 2.85 bits per heavy atom. The van der Waals surface area contributed by atoms with Gasteiger partial charge in [-0.1, -0.05) is 25.1 Å². The highest BCUT2D eigenvalue weighted by atomic mass is 19.1. The molecule has 0 aliphatic rings. The maximum absolute atomic E-state index is 13.7. The van der Waals surface area contributed by atoms with Crippen LogP contribution in [0.1, 0.15) is 24.7 Å². The minimum Gasteiger partial charge on any atom is -0.271 e. The Hall–Kier alpha value is -1.79. The molecule has 6 heteroatoms. The lowest BCUT2D eigenvalue weighted by Gasteiger charge is -2.16. The zero-order chi connectivity index (χ0) is 14.4. The SMILES string of the molecule is CCCn1ncnc1CC(Cc1ccccc1F)NN. The van der Waals surface area contributed by atoms with Gasteiger partial charge in [-0.25, -0.2) is 9.37 Å². The van der Waals surface area contributed by atoms with Crippen LogP contribution >= 0.6 is 0 Å². The Morgan fingerprint density at radius 2 is 2.15 bits per heavy atom. The second-order valence-electron chi connectivity index (χ2n) is 4.76. The van der Waals surface area contributed by atoms with Gasteiger partial charge in [0.25, 0.3) is 0 Å². The van der Waals surface area contributed by atoms with E-state index < -0.39 is 0 Å². The molecule has 0 amide bonds. The van der Waals surface area contributed by atoms with Crippen LogP contribution in [0.4, 0.5) is 4.39 Å². The third-order valence-corrected chi connectivity index (χ3v) is 3.22. The fourth-order valence-corrected chi connectivity index (χ4v) is 2.18. The van der Waals surface area contributed by atoms with E-state index in [9.17, 15) is 4.39 Å². The minimum absolute atomic E-state index is 0.0771. The Balaban J connectivity index is 2.05. The summed E-state index contributed by atoms with van der Waals surface area (Å²) >= 11 is 0. The molecule has 0 saturated carbocycles. The number of nitrogens with zero attached hydrogens (tertiary/aromatic N) is 3. The molecule has 1 aromatic carbocycles. The molecule has 0 saturated heterocycles. The van der Waals surface area contributed by atoms with E-state index in [-0.39, 0.29) is 11.9 Å². The monoisotopic (exact) mass is 277 g/mol. The molecule has 5 nitrogen and oxygen atoms in total. The third-order valence-electron chi connectivity index (χ3n) is 3.22. The summed E-state index contributed by atoms with van der Waals surface area (Å²) in [6.07, 6.45) is 3.67. The first-order chi connectivity index (χ1) is 9.74. The van der Waals surface area contributed by atoms with Crippen LogP contribution < -0.4 is 11.3 Å². The summed E-state index contributed by atoms with van der Waals surface area (Å²) < 4.78 is 15.5. The molecule has 3 N–H and O–H groups in total. The quantitative estimate of drug-likeness (QED) is 0.593. The average molecular weight is 277 g/mol. The van der Waals surface area contributed by atoms with Crippen molar-refractivity contribution in [1.29, 1.82) is 0 Å². The predicted octanol–water partition coefficient (Wildman–Crippen LogP) is 1.44. The normalized spacial score (nSPS) is 12.6. The summed E-state index contributed by atoms with van der Waals surface area (Å²) in [4.78, 5) is 4.25. The van der Waals surface area contributed by atoms with Crippen molar-refractivity contribution in [2.45, 2.75) is 38.8 Å². The van der Waals surface area contributed by atoms with Crippen LogP contribution in [0.25, 0.3) is 0 Å². The maximum atomic E-state index is 13.7. The van der Waals surface area contributed by atoms with Crippen LogP contribution in [0.5, 0.6) is 0 Å². The van der Waals surface area contributed by atoms with Crippen LogP contribution in [0.15, 0.2) is 30.6 Å². The number of halogens is 1. The number of rotatable bonds is 7. The summed E-state index contributed by atoms with van der Waals surface area (Å²) in [5.74, 6) is 6.24. The Labute approximate surface area is 118 Å². The number of aromatic nitrogens is 3. The smallest absolute Gasteiger partial charge is 0.138 e. The van der Waals surface area contributed by atoms with E-state index in [0.29, 0.717) is 18.4 Å². The highest BCUT2D eigenvalue weighted by Gasteiger charge is 2.15. The van der Waals surface area contributed by atoms with E-state index in [1.807, 2.05) is 10.7 Å². The van der Waals surface area contributed by atoms with Crippen molar-refractivity contribution in [1.82, 2.24) is 20.2 Å². The van der Waals surface area contributed by atoms with Crippen molar-refractivity contribution in [2.24, 2.45) is 5.84 Å². The molecule has 2 rings (SSSR count). The van der Waals surface area contributed by atoms with Gasteiger partial charge >= 0.3 is 0 Å².